The third-order valence-corrected chi connectivity index (χ3v) is 2.70. The van der Waals surface area contributed by atoms with Gasteiger partial charge in [0.05, 0.1) is 0 Å². The van der Waals surface area contributed by atoms with Gasteiger partial charge in [-0.15, -0.1) is 11.3 Å². The predicted molar refractivity (Wildman–Crippen MR) is 57.7 cm³/mol. The zero-order valence-corrected chi connectivity index (χ0v) is 8.61. The standard InChI is InChI=1S/C11H14S/c1-4-6-7-11-10(5-2)8-9(3)12-11/h4-8H,1-3H3/b6-4+,10-5-,11-7+. The van der Waals surface area contributed by atoms with Crippen LogP contribution in [0.25, 0.3) is 12.2 Å². The van der Waals surface area contributed by atoms with Gasteiger partial charge in [0.15, 0.2) is 0 Å². The predicted octanol–water partition coefficient (Wildman–Crippen LogP) is 2.21. The number of rotatable bonds is 1. The van der Waals surface area contributed by atoms with E-state index in [1.807, 2.05) is 18.3 Å². The minimum atomic E-state index is 1.34. The summed E-state index contributed by atoms with van der Waals surface area (Å²) < 4.78 is 1.35. The zero-order valence-electron chi connectivity index (χ0n) is 7.79. The van der Waals surface area contributed by atoms with Crippen molar-refractivity contribution in [2.24, 2.45) is 0 Å². The molecule has 0 N–H and O–H groups in total. The molecule has 1 aromatic rings. The molecule has 0 unspecified atom stereocenters. The van der Waals surface area contributed by atoms with Crippen LogP contribution >= 0.6 is 11.3 Å². The molecule has 0 atom stereocenters. The Balaban J connectivity index is 3.32. The molecule has 1 heterocycles. The van der Waals surface area contributed by atoms with E-state index < -0.39 is 0 Å². The molecule has 0 radical (unpaired) electrons. The van der Waals surface area contributed by atoms with E-state index in [4.69, 9.17) is 0 Å². The molecular formula is C11H14S. The first-order chi connectivity index (χ1) is 5.77. The summed E-state index contributed by atoms with van der Waals surface area (Å²) >= 11 is 1.84. The molecule has 0 saturated carbocycles. The zero-order chi connectivity index (χ0) is 8.97. The van der Waals surface area contributed by atoms with Crippen LogP contribution in [0.3, 0.4) is 0 Å². The van der Waals surface area contributed by atoms with Gasteiger partial charge in [0, 0.05) is 9.41 Å². The Hall–Kier alpha value is -0.820. The van der Waals surface area contributed by atoms with Crippen molar-refractivity contribution in [1.29, 1.82) is 0 Å². The van der Waals surface area contributed by atoms with Gasteiger partial charge in [0.25, 0.3) is 0 Å². The molecule has 0 aliphatic rings. The fourth-order valence-electron chi connectivity index (χ4n) is 1.09. The second-order valence-electron chi connectivity index (χ2n) is 2.66. The van der Waals surface area contributed by atoms with Crippen LogP contribution in [0, 0.1) is 6.92 Å². The van der Waals surface area contributed by atoms with Crippen molar-refractivity contribution >= 4 is 23.5 Å². The molecule has 1 aromatic heterocycles. The van der Waals surface area contributed by atoms with Crippen molar-refractivity contribution in [3.63, 3.8) is 0 Å². The minimum absolute atomic E-state index is 1.34. The van der Waals surface area contributed by atoms with Gasteiger partial charge in [-0.05, 0) is 38.1 Å². The van der Waals surface area contributed by atoms with Gasteiger partial charge in [0.1, 0.15) is 0 Å². The quantitative estimate of drug-likeness (QED) is 0.618. The Morgan fingerprint density at radius 3 is 2.67 bits per heavy atom. The van der Waals surface area contributed by atoms with E-state index in [0.29, 0.717) is 0 Å². The first-order valence-corrected chi connectivity index (χ1v) is 4.95. The third-order valence-electron chi connectivity index (χ3n) is 1.67. The van der Waals surface area contributed by atoms with E-state index in [1.165, 1.54) is 14.6 Å². The molecule has 1 rings (SSSR count). The van der Waals surface area contributed by atoms with Crippen molar-refractivity contribution in [3.05, 3.63) is 32.8 Å². The second kappa shape index (κ2) is 4.27. The molecule has 0 saturated heterocycles. The summed E-state index contributed by atoms with van der Waals surface area (Å²) in [4.78, 5) is 1.37. The molecule has 1 heteroatoms. The Kier molecular flexibility index (Phi) is 3.30. The Morgan fingerprint density at radius 2 is 2.08 bits per heavy atom. The molecule has 0 aliphatic heterocycles. The lowest BCUT2D eigenvalue weighted by atomic mass is 10.3. The van der Waals surface area contributed by atoms with Crippen LogP contribution in [0.2, 0.25) is 0 Å². The third kappa shape index (κ3) is 2.08. The lowest BCUT2D eigenvalue weighted by Crippen LogP contribution is -2.15. The first kappa shape index (κ1) is 9.27. The maximum atomic E-state index is 2.22. The van der Waals surface area contributed by atoms with Crippen LogP contribution in [0.4, 0.5) is 0 Å². The summed E-state index contributed by atoms with van der Waals surface area (Å²) in [7, 11) is 0. The average molecular weight is 178 g/mol. The summed E-state index contributed by atoms with van der Waals surface area (Å²) in [5.74, 6) is 0. The fourth-order valence-corrected chi connectivity index (χ4v) is 2.07. The van der Waals surface area contributed by atoms with Crippen LogP contribution in [-0.2, 0) is 0 Å². The van der Waals surface area contributed by atoms with Crippen LogP contribution in [0.5, 0.6) is 0 Å². The fraction of sp³-hybridized carbons (Fsp3) is 0.273. The number of aryl methyl sites for hydroxylation is 1. The van der Waals surface area contributed by atoms with E-state index in [1.54, 1.807) is 0 Å². The largest absolute Gasteiger partial charge is 0.141 e. The Morgan fingerprint density at radius 1 is 1.33 bits per heavy atom. The summed E-state index contributed by atoms with van der Waals surface area (Å²) in [6, 6.07) is 2.22. The van der Waals surface area contributed by atoms with Crippen molar-refractivity contribution < 1.29 is 0 Å². The lowest BCUT2D eigenvalue weighted by molar-refractivity contribution is 1.58. The van der Waals surface area contributed by atoms with E-state index in [-0.39, 0.29) is 0 Å². The second-order valence-corrected chi connectivity index (χ2v) is 3.95. The van der Waals surface area contributed by atoms with E-state index in [0.717, 1.165) is 0 Å². The van der Waals surface area contributed by atoms with Crippen molar-refractivity contribution in [2.75, 3.05) is 0 Å². The van der Waals surface area contributed by atoms with E-state index in [2.05, 4.69) is 44.2 Å². The normalized spacial score (nSPS) is 14.9. The highest BCUT2D eigenvalue weighted by atomic mass is 32.1. The molecule has 0 bridgehead atoms. The van der Waals surface area contributed by atoms with Crippen LogP contribution in [0.1, 0.15) is 18.7 Å². The molecule has 0 fully saturated rings. The van der Waals surface area contributed by atoms with Crippen molar-refractivity contribution in [3.8, 4) is 0 Å². The van der Waals surface area contributed by atoms with Gasteiger partial charge in [0.2, 0.25) is 0 Å². The van der Waals surface area contributed by atoms with Crippen LogP contribution < -0.4 is 9.75 Å². The molecule has 0 aromatic carbocycles. The van der Waals surface area contributed by atoms with Gasteiger partial charge in [-0.3, -0.25) is 0 Å². The van der Waals surface area contributed by atoms with Crippen molar-refractivity contribution in [1.82, 2.24) is 0 Å². The van der Waals surface area contributed by atoms with Crippen molar-refractivity contribution in [2.45, 2.75) is 20.8 Å². The summed E-state index contributed by atoms with van der Waals surface area (Å²) in [5, 5.41) is 1.34. The van der Waals surface area contributed by atoms with Gasteiger partial charge < -0.3 is 0 Å². The lowest BCUT2D eigenvalue weighted by Gasteiger charge is -1.74. The molecule has 0 nitrogen and oxygen atoms in total. The highest BCUT2D eigenvalue weighted by molar-refractivity contribution is 7.09. The molecule has 0 amide bonds. The van der Waals surface area contributed by atoms with Gasteiger partial charge in [-0.2, -0.15) is 0 Å². The molecule has 0 aliphatic carbocycles. The molecule has 0 spiro atoms. The molecule has 64 valence electrons. The summed E-state index contributed by atoms with van der Waals surface area (Å²) in [6.07, 6.45) is 8.44. The van der Waals surface area contributed by atoms with Gasteiger partial charge in [-0.25, -0.2) is 0 Å². The highest BCUT2D eigenvalue weighted by Gasteiger charge is 1.88. The molecule has 12 heavy (non-hydrogen) atoms. The summed E-state index contributed by atoms with van der Waals surface area (Å²) in [6.45, 7) is 6.26. The number of thiophene rings is 1. The monoisotopic (exact) mass is 178 g/mol. The van der Waals surface area contributed by atoms with Crippen LogP contribution in [0.15, 0.2) is 18.2 Å². The topological polar surface area (TPSA) is 0 Å². The van der Waals surface area contributed by atoms with Gasteiger partial charge in [-0.1, -0.05) is 18.2 Å². The van der Waals surface area contributed by atoms with E-state index >= 15 is 0 Å². The Labute approximate surface area is 77.6 Å². The van der Waals surface area contributed by atoms with E-state index in [9.17, 15) is 0 Å². The van der Waals surface area contributed by atoms with Gasteiger partial charge >= 0.3 is 0 Å². The number of allylic oxidation sites excluding steroid dienone is 2. The maximum absolute atomic E-state index is 2.22. The minimum Gasteiger partial charge on any atom is -0.141 e. The number of hydrogen-bond donors (Lipinski definition) is 0. The maximum Gasteiger partial charge on any atom is 0.0342 e. The SMILES string of the molecule is C/C=c1/cc(C)s/c1=C/C=C/C. The highest BCUT2D eigenvalue weighted by Crippen LogP contribution is 1.95. The molecular weight excluding hydrogens is 164 g/mol. The Bertz CT molecular complexity index is 380. The number of hydrogen-bond acceptors (Lipinski definition) is 1. The van der Waals surface area contributed by atoms with Crippen LogP contribution in [-0.4, -0.2) is 0 Å². The summed E-state index contributed by atoms with van der Waals surface area (Å²) in [5.41, 5.74) is 0. The first-order valence-electron chi connectivity index (χ1n) is 4.13. The smallest absolute Gasteiger partial charge is 0.0342 e. The average Bonchev–Trinajstić information content (AvgIpc) is 2.42.